The minimum Gasteiger partial charge on any atom is -0.471 e. The molecule has 0 saturated carbocycles. The largest absolute Gasteiger partial charge is 0.471 e. The van der Waals surface area contributed by atoms with E-state index in [4.69, 9.17) is 4.12 Å². The standard InChI is InChI=1S/C7H12OSi2.H6OSi2/c1-10(8-9)7-5-3-2-4-6-7;2-1-3/h2-6,10H,1,9H3;2-3H3. The Labute approximate surface area is 91.0 Å². The third kappa shape index (κ3) is 6.13. The third-order valence-electron chi connectivity index (χ3n) is 1.62. The van der Waals surface area contributed by atoms with E-state index in [1.54, 1.807) is 0 Å². The quantitative estimate of drug-likeness (QED) is 0.522. The lowest BCUT2D eigenvalue weighted by molar-refractivity contribution is 0.654. The predicted octanol–water partition coefficient (Wildman–Crippen LogP) is -2.89. The van der Waals surface area contributed by atoms with Crippen LogP contribution < -0.4 is 5.19 Å². The van der Waals surface area contributed by atoms with Gasteiger partial charge < -0.3 is 8.23 Å². The van der Waals surface area contributed by atoms with Crippen molar-refractivity contribution in [3.63, 3.8) is 0 Å². The average Bonchev–Trinajstić information content (AvgIpc) is 2.19. The Balaban J connectivity index is 0.000000424. The molecule has 0 aliphatic heterocycles. The number of rotatable bonds is 2. The molecule has 74 valence electrons. The van der Waals surface area contributed by atoms with Crippen molar-refractivity contribution in [2.24, 2.45) is 0 Å². The zero-order valence-electron chi connectivity index (χ0n) is 8.78. The maximum absolute atomic E-state index is 5.41. The van der Waals surface area contributed by atoms with Crippen LogP contribution in [-0.2, 0) is 8.23 Å². The molecule has 1 atom stereocenters. The molecule has 1 rings (SSSR count). The fourth-order valence-corrected chi connectivity index (χ4v) is 2.71. The van der Waals surface area contributed by atoms with Crippen molar-refractivity contribution in [2.75, 3.05) is 0 Å². The van der Waals surface area contributed by atoms with Crippen molar-refractivity contribution < 1.29 is 8.23 Å². The van der Waals surface area contributed by atoms with Gasteiger partial charge in [-0.25, -0.2) is 0 Å². The monoisotopic (exact) mass is 246 g/mol. The van der Waals surface area contributed by atoms with E-state index in [9.17, 15) is 0 Å². The van der Waals surface area contributed by atoms with Gasteiger partial charge in [-0.15, -0.1) is 0 Å². The maximum atomic E-state index is 5.41. The minimum absolute atomic E-state index is 0.869. The molecule has 0 aliphatic carbocycles. The molecule has 0 fully saturated rings. The highest BCUT2D eigenvalue weighted by Gasteiger charge is 2.02. The first-order chi connectivity index (χ1) is 6.26. The summed E-state index contributed by atoms with van der Waals surface area (Å²) < 4.78 is 9.94. The molecule has 0 bridgehead atoms. The first-order valence-electron chi connectivity index (χ1n) is 4.24. The minimum atomic E-state index is -0.978. The summed E-state index contributed by atoms with van der Waals surface area (Å²) in [7, 11) is 1.75. The summed E-state index contributed by atoms with van der Waals surface area (Å²) >= 11 is 0. The van der Waals surface area contributed by atoms with Crippen molar-refractivity contribution in [3.05, 3.63) is 30.3 Å². The van der Waals surface area contributed by atoms with E-state index >= 15 is 0 Å². The van der Waals surface area contributed by atoms with Crippen LogP contribution >= 0.6 is 0 Å². The van der Waals surface area contributed by atoms with Gasteiger partial charge in [0.1, 0.15) is 31.5 Å². The summed E-state index contributed by atoms with van der Waals surface area (Å²) in [5.74, 6) is 0. The maximum Gasteiger partial charge on any atom is 0.191 e. The number of hydrogen-bond acceptors (Lipinski definition) is 2. The fraction of sp³-hybridized carbons (Fsp3) is 0.143. The molecule has 13 heavy (non-hydrogen) atoms. The van der Waals surface area contributed by atoms with Crippen molar-refractivity contribution in [1.82, 2.24) is 0 Å². The van der Waals surface area contributed by atoms with Gasteiger partial charge in [0.2, 0.25) is 0 Å². The second-order valence-corrected chi connectivity index (χ2v) is 9.80. The van der Waals surface area contributed by atoms with Crippen LogP contribution in [0.2, 0.25) is 6.55 Å². The molecule has 0 aliphatic rings. The Bertz CT molecular complexity index is 207. The Morgan fingerprint density at radius 2 is 1.54 bits per heavy atom. The summed E-state index contributed by atoms with van der Waals surface area (Å²) in [6, 6.07) is 10.5. The summed E-state index contributed by atoms with van der Waals surface area (Å²) in [6.45, 7) is 2.21. The third-order valence-corrected chi connectivity index (χ3v) is 5.77. The van der Waals surface area contributed by atoms with Gasteiger partial charge in [0.05, 0.1) is 0 Å². The van der Waals surface area contributed by atoms with Crippen molar-refractivity contribution in [2.45, 2.75) is 6.55 Å². The van der Waals surface area contributed by atoms with Crippen LogP contribution in [0.3, 0.4) is 0 Å². The molecule has 0 N–H and O–H groups in total. The van der Waals surface area contributed by atoms with Crippen LogP contribution in [0.25, 0.3) is 0 Å². The van der Waals surface area contributed by atoms with E-state index < -0.39 is 9.04 Å². The Morgan fingerprint density at radius 3 is 1.92 bits per heavy atom. The van der Waals surface area contributed by atoms with Crippen LogP contribution in [0.4, 0.5) is 0 Å². The van der Waals surface area contributed by atoms with Gasteiger partial charge in [0.25, 0.3) is 0 Å². The Hall–Kier alpha value is 0.00753. The molecule has 0 heterocycles. The number of hydrogen-bond donors (Lipinski definition) is 0. The van der Waals surface area contributed by atoms with Gasteiger partial charge >= 0.3 is 0 Å². The van der Waals surface area contributed by atoms with E-state index in [0.29, 0.717) is 0 Å². The molecule has 0 aromatic heterocycles. The van der Waals surface area contributed by atoms with E-state index in [1.807, 2.05) is 6.07 Å². The smallest absolute Gasteiger partial charge is 0.191 e. The zero-order valence-corrected chi connectivity index (χ0v) is 15.9. The lowest BCUT2D eigenvalue weighted by Crippen LogP contribution is -2.28. The fourth-order valence-electron chi connectivity index (χ4n) is 0.860. The summed E-state index contributed by atoms with van der Waals surface area (Å²) in [6.07, 6.45) is 0. The highest BCUT2D eigenvalue weighted by atomic mass is 28.3. The molecule has 1 aromatic rings. The van der Waals surface area contributed by atoms with Crippen molar-refractivity contribution >= 4 is 45.7 Å². The summed E-state index contributed by atoms with van der Waals surface area (Å²) in [4.78, 5) is 0. The molecule has 0 spiro atoms. The summed E-state index contributed by atoms with van der Waals surface area (Å²) in [5, 5.41) is 1.40. The molecule has 0 radical (unpaired) electrons. The van der Waals surface area contributed by atoms with Gasteiger partial charge in [-0.1, -0.05) is 30.3 Å². The molecule has 0 saturated heterocycles. The van der Waals surface area contributed by atoms with E-state index in [0.717, 1.165) is 31.5 Å². The van der Waals surface area contributed by atoms with E-state index in [2.05, 4.69) is 34.9 Å². The van der Waals surface area contributed by atoms with Gasteiger partial charge in [0.15, 0.2) is 9.04 Å². The predicted molar refractivity (Wildman–Crippen MR) is 71.1 cm³/mol. The van der Waals surface area contributed by atoms with Crippen molar-refractivity contribution in [1.29, 1.82) is 0 Å². The van der Waals surface area contributed by atoms with Gasteiger partial charge in [-0.2, -0.15) is 0 Å². The molecule has 6 heteroatoms. The lowest BCUT2D eigenvalue weighted by Gasteiger charge is -2.06. The lowest BCUT2D eigenvalue weighted by atomic mass is 10.4. The van der Waals surface area contributed by atoms with Crippen LogP contribution in [0.1, 0.15) is 0 Å². The van der Waals surface area contributed by atoms with Gasteiger partial charge in [0, 0.05) is 0 Å². The Morgan fingerprint density at radius 1 is 1.08 bits per heavy atom. The van der Waals surface area contributed by atoms with Crippen molar-refractivity contribution in [3.8, 4) is 0 Å². The molecule has 2 nitrogen and oxygen atoms in total. The topological polar surface area (TPSA) is 18.5 Å². The molecular formula is C7H18O2Si4. The highest BCUT2D eigenvalue weighted by molar-refractivity contribution is 6.68. The average molecular weight is 247 g/mol. The summed E-state index contributed by atoms with van der Waals surface area (Å²) in [5.41, 5.74) is 0. The molecule has 0 amide bonds. The SMILES string of the molecule is C[SiH](O[SiH3])c1ccccc1.[SiH3]O[SiH3]. The van der Waals surface area contributed by atoms with Crippen LogP contribution in [-0.4, -0.2) is 40.5 Å². The second-order valence-electron chi connectivity index (χ2n) is 2.70. The first-order valence-corrected chi connectivity index (χ1v) is 8.89. The highest BCUT2D eigenvalue weighted by Crippen LogP contribution is 1.87. The normalized spacial score (nSPS) is 12.1. The van der Waals surface area contributed by atoms with E-state index in [1.165, 1.54) is 5.19 Å². The number of benzene rings is 1. The molecular weight excluding hydrogens is 228 g/mol. The van der Waals surface area contributed by atoms with Crippen LogP contribution in [0.5, 0.6) is 0 Å². The van der Waals surface area contributed by atoms with Gasteiger partial charge in [-0.3, -0.25) is 0 Å². The zero-order chi connectivity index (χ0) is 10.1. The van der Waals surface area contributed by atoms with Crippen LogP contribution in [0, 0.1) is 0 Å². The van der Waals surface area contributed by atoms with E-state index in [-0.39, 0.29) is 0 Å². The van der Waals surface area contributed by atoms with Crippen LogP contribution in [0.15, 0.2) is 30.3 Å². The van der Waals surface area contributed by atoms with Gasteiger partial charge in [-0.05, 0) is 11.7 Å². The first kappa shape index (κ1) is 13.0. The Kier molecular flexibility index (Phi) is 8.60. The molecule has 1 aromatic carbocycles. The molecule has 1 unspecified atom stereocenters. The second kappa shape index (κ2) is 8.60.